The third-order valence-electron chi connectivity index (χ3n) is 3.48. The summed E-state index contributed by atoms with van der Waals surface area (Å²) < 4.78 is 7.12. The van der Waals surface area contributed by atoms with Gasteiger partial charge in [-0.05, 0) is 13.0 Å². The first-order valence-corrected chi connectivity index (χ1v) is 6.86. The number of hydrogen-bond donors (Lipinski definition) is 1. The minimum absolute atomic E-state index is 0.317. The van der Waals surface area contributed by atoms with Gasteiger partial charge in [-0.3, -0.25) is 0 Å². The van der Waals surface area contributed by atoms with E-state index >= 15 is 0 Å². The first-order valence-electron chi connectivity index (χ1n) is 6.86. The van der Waals surface area contributed by atoms with Crippen molar-refractivity contribution in [2.24, 2.45) is 0 Å². The third kappa shape index (κ3) is 2.54. The highest BCUT2D eigenvalue weighted by molar-refractivity contribution is 5.95. The van der Waals surface area contributed by atoms with Gasteiger partial charge in [0.05, 0.1) is 30.6 Å². The predicted molar refractivity (Wildman–Crippen MR) is 77.9 cm³/mol. The molecule has 0 saturated carbocycles. The predicted octanol–water partition coefficient (Wildman–Crippen LogP) is 1.06. The standard InChI is InChI=1S/C14H17N5O2/c1-2-21-14(20)10-7-12(17-8-11(10)15)19-6-5-18-4-3-16-13(18)9-19/h3-4,7-8H,2,5-6,9,15H2,1H3. The number of nitrogen functional groups attached to an aromatic ring is 1. The molecule has 0 aromatic carbocycles. The van der Waals surface area contributed by atoms with E-state index in [2.05, 4.69) is 19.4 Å². The van der Waals surface area contributed by atoms with Crippen molar-refractivity contribution in [2.45, 2.75) is 20.0 Å². The quantitative estimate of drug-likeness (QED) is 0.849. The van der Waals surface area contributed by atoms with Gasteiger partial charge in [0.15, 0.2) is 0 Å². The molecule has 2 aromatic rings. The number of aromatic nitrogens is 3. The molecule has 3 heterocycles. The Labute approximate surface area is 122 Å². The Hall–Kier alpha value is -2.57. The highest BCUT2D eigenvalue weighted by Crippen LogP contribution is 2.22. The molecule has 1 aliphatic heterocycles. The van der Waals surface area contributed by atoms with Crippen LogP contribution in [0.2, 0.25) is 0 Å². The zero-order valence-electron chi connectivity index (χ0n) is 11.8. The van der Waals surface area contributed by atoms with Crippen molar-refractivity contribution < 1.29 is 9.53 Å². The summed E-state index contributed by atoms with van der Waals surface area (Å²) in [5.74, 6) is 1.27. The molecular weight excluding hydrogens is 270 g/mol. The summed E-state index contributed by atoms with van der Waals surface area (Å²) in [6, 6.07) is 1.69. The highest BCUT2D eigenvalue weighted by Gasteiger charge is 2.20. The van der Waals surface area contributed by atoms with Crippen molar-refractivity contribution >= 4 is 17.5 Å². The van der Waals surface area contributed by atoms with E-state index in [0.717, 1.165) is 18.9 Å². The number of ether oxygens (including phenoxy) is 1. The first kappa shape index (κ1) is 13.4. The van der Waals surface area contributed by atoms with Crippen molar-refractivity contribution in [3.8, 4) is 0 Å². The average Bonchev–Trinajstić information content (AvgIpc) is 2.95. The van der Waals surface area contributed by atoms with Crippen LogP contribution in [0.15, 0.2) is 24.7 Å². The summed E-state index contributed by atoms with van der Waals surface area (Å²) in [5, 5.41) is 0. The largest absolute Gasteiger partial charge is 0.462 e. The van der Waals surface area contributed by atoms with E-state index in [-0.39, 0.29) is 0 Å². The molecule has 3 rings (SSSR count). The van der Waals surface area contributed by atoms with Crippen LogP contribution < -0.4 is 10.6 Å². The van der Waals surface area contributed by atoms with Gasteiger partial charge in [-0.15, -0.1) is 0 Å². The van der Waals surface area contributed by atoms with Gasteiger partial charge < -0.3 is 19.9 Å². The molecule has 0 bridgehead atoms. The van der Waals surface area contributed by atoms with Gasteiger partial charge >= 0.3 is 5.97 Å². The summed E-state index contributed by atoms with van der Waals surface area (Å²) in [7, 11) is 0. The Bertz CT molecular complexity index is 667. The van der Waals surface area contributed by atoms with E-state index in [1.54, 1.807) is 19.2 Å². The third-order valence-corrected chi connectivity index (χ3v) is 3.48. The maximum absolute atomic E-state index is 11.9. The smallest absolute Gasteiger partial charge is 0.340 e. The van der Waals surface area contributed by atoms with Crippen LogP contribution >= 0.6 is 0 Å². The fourth-order valence-electron chi connectivity index (χ4n) is 2.38. The van der Waals surface area contributed by atoms with Crippen molar-refractivity contribution in [3.05, 3.63) is 36.0 Å². The molecule has 0 atom stereocenters. The van der Waals surface area contributed by atoms with Crippen molar-refractivity contribution in [1.82, 2.24) is 14.5 Å². The Morgan fingerprint density at radius 2 is 2.29 bits per heavy atom. The minimum Gasteiger partial charge on any atom is -0.462 e. The molecule has 0 radical (unpaired) electrons. The number of rotatable bonds is 3. The van der Waals surface area contributed by atoms with Gasteiger partial charge in [0.1, 0.15) is 11.6 Å². The number of nitrogens with zero attached hydrogens (tertiary/aromatic N) is 4. The molecule has 2 aromatic heterocycles. The lowest BCUT2D eigenvalue weighted by atomic mass is 10.2. The van der Waals surface area contributed by atoms with Gasteiger partial charge in [0, 0.05) is 25.5 Å². The van der Waals surface area contributed by atoms with Gasteiger partial charge in [0.2, 0.25) is 0 Å². The molecule has 2 N–H and O–H groups in total. The molecule has 0 aliphatic carbocycles. The van der Waals surface area contributed by atoms with E-state index < -0.39 is 5.97 Å². The summed E-state index contributed by atoms with van der Waals surface area (Å²) in [4.78, 5) is 22.6. The molecule has 7 nitrogen and oxygen atoms in total. The summed E-state index contributed by atoms with van der Waals surface area (Å²) in [6.07, 6.45) is 5.26. The first-order chi connectivity index (χ1) is 10.2. The maximum atomic E-state index is 11.9. The average molecular weight is 287 g/mol. The second-order valence-electron chi connectivity index (χ2n) is 4.81. The Morgan fingerprint density at radius 3 is 3.10 bits per heavy atom. The number of nitrogens with two attached hydrogens (primary N) is 1. The maximum Gasteiger partial charge on any atom is 0.340 e. The number of carbonyl (C=O) groups is 1. The molecule has 0 unspecified atom stereocenters. The lowest BCUT2D eigenvalue weighted by molar-refractivity contribution is 0.0527. The van der Waals surface area contributed by atoms with Crippen LogP contribution in [0.1, 0.15) is 23.1 Å². The van der Waals surface area contributed by atoms with Gasteiger partial charge in [-0.25, -0.2) is 14.8 Å². The van der Waals surface area contributed by atoms with Crippen LogP contribution in [0.5, 0.6) is 0 Å². The Kier molecular flexibility index (Phi) is 3.47. The highest BCUT2D eigenvalue weighted by atomic mass is 16.5. The second kappa shape index (κ2) is 5.43. The van der Waals surface area contributed by atoms with E-state index in [1.807, 2.05) is 6.20 Å². The van der Waals surface area contributed by atoms with E-state index in [4.69, 9.17) is 10.5 Å². The van der Waals surface area contributed by atoms with Gasteiger partial charge in [0.25, 0.3) is 0 Å². The number of imidazole rings is 1. The molecule has 0 fully saturated rings. The second-order valence-corrected chi connectivity index (χ2v) is 4.81. The van der Waals surface area contributed by atoms with E-state index in [0.29, 0.717) is 30.2 Å². The van der Waals surface area contributed by atoms with Crippen LogP contribution in [-0.2, 0) is 17.8 Å². The Morgan fingerprint density at radius 1 is 1.43 bits per heavy atom. The van der Waals surface area contributed by atoms with Crippen LogP contribution in [0.3, 0.4) is 0 Å². The normalized spacial score (nSPS) is 13.9. The van der Waals surface area contributed by atoms with Crippen LogP contribution in [-0.4, -0.2) is 33.7 Å². The van der Waals surface area contributed by atoms with Gasteiger partial charge in [-0.2, -0.15) is 0 Å². The zero-order chi connectivity index (χ0) is 14.8. The monoisotopic (exact) mass is 287 g/mol. The van der Waals surface area contributed by atoms with E-state index in [1.165, 1.54) is 6.20 Å². The number of anilines is 2. The fourth-order valence-corrected chi connectivity index (χ4v) is 2.38. The topological polar surface area (TPSA) is 86.3 Å². The van der Waals surface area contributed by atoms with Gasteiger partial charge in [-0.1, -0.05) is 0 Å². The number of carbonyl (C=O) groups excluding carboxylic acids is 1. The molecule has 0 amide bonds. The lowest BCUT2D eigenvalue weighted by Crippen LogP contribution is -2.34. The molecule has 0 spiro atoms. The zero-order valence-corrected chi connectivity index (χ0v) is 11.8. The SMILES string of the molecule is CCOC(=O)c1cc(N2CCn3ccnc3C2)ncc1N. The molecule has 0 saturated heterocycles. The molecule has 21 heavy (non-hydrogen) atoms. The van der Waals surface area contributed by atoms with Crippen LogP contribution in [0, 0.1) is 0 Å². The number of pyridine rings is 1. The minimum atomic E-state index is -0.419. The summed E-state index contributed by atoms with van der Waals surface area (Å²) >= 11 is 0. The summed E-state index contributed by atoms with van der Waals surface area (Å²) in [6.45, 7) is 4.39. The van der Waals surface area contributed by atoms with Crippen molar-refractivity contribution in [3.63, 3.8) is 0 Å². The molecule has 110 valence electrons. The van der Waals surface area contributed by atoms with Crippen LogP contribution in [0.4, 0.5) is 11.5 Å². The number of fused-ring (bicyclic) bond motifs is 1. The van der Waals surface area contributed by atoms with E-state index in [9.17, 15) is 4.79 Å². The van der Waals surface area contributed by atoms with Crippen molar-refractivity contribution in [1.29, 1.82) is 0 Å². The Balaban J connectivity index is 1.86. The number of hydrogen-bond acceptors (Lipinski definition) is 6. The van der Waals surface area contributed by atoms with Crippen LogP contribution in [0.25, 0.3) is 0 Å². The fraction of sp³-hybridized carbons (Fsp3) is 0.357. The molecular formula is C14H17N5O2. The summed E-state index contributed by atoms with van der Waals surface area (Å²) in [5.41, 5.74) is 6.50. The molecule has 1 aliphatic rings. The molecule has 7 heteroatoms. The number of esters is 1. The van der Waals surface area contributed by atoms with Crippen molar-refractivity contribution in [2.75, 3.05) is 23.8 Å². The lowest BCUT2D eigenvalue weighted by Gasteiger charge is -2.28.